The van der Waals surface area contributed by atoms with Gasteiger partial charge in [0, 0.05) is 37.4 Å². The van der Waals surface area contributed by atoms with Crippen LogP contribution in [0.1, 0.15) is 25.5 Å². The minimum Gasteiger partial charge on any atom is -0.508 e. The lowest BCUT2D eigenvalue weighted by atomic mass is 9.92. The molecule has 10 nitrogen and oxygen atoms in total. The first-order valence-electron chi connectivity index (χ1n) is 11.9. The number of esters is 1. The maximum atomic E-state index is 14.0. The van der Waals surface area contributed by atoms with Crippen molar-refractivity contribution in [1.82, 2.24) is 19.6 Å². The number of rotatable bonds is 7. The van der Waals surface area contributed by atoms with Crippen LogP contribution in [0.25, 0.3) is 0 Å². The Labute approximate surface area is 200 Å². The standard InChI is InChI=1S/C24H34N4O6/c1-3-34-23(30)21-18(2)27(16-25-8-12-32-13-9-25)24(31)28(17-26-10-14-33-15-11-26)22(21)19-6-4-5-7-20(19)29/h4-7,22,29H,3,8-17H2,1-2H3. The van der Waals surface area contributed by atoms with Gasteiger partial charge in [-0.3, -0.25) is 19.6 Å². The number of para-hydroxylation sites is 1. The zero-order chi connectivity index (χ0) is 24.1. The van der Waals surface area contributed by atoms with Crippen molar-refractivity contribution in [2.24, 2.45) is 0 Å². The number of carbonyl (C=O) groups excluding carboxylic acids is 2. The highest BCUT2D eigenvalue weighted by Gasteiger charge is 2.44. The SMILES string of the molecule is CCOC(=O)C1=C(C)N(CN2CCOCC2)C(=O)N(CN2CCOCC2)C1c1ccccc1O. The highest BCUT2D eigenvalue weighted by molar-refractivity contribution is 5.95. The van der Waals surface area contributed by atoms with Crippen molar-refractivity contribution in [3.63, 3.8) is 0 Å². The van der Waals surface area contributed by atoms with Gasteiger partial charge in [0.05, 0.1) is 58.0 Å². The third-order valence-corrected chi connectivity index (χ3v) is 6.48. The van der Waals surface area contributed by atoms with E-state index in [1.807, 2.05) is 0 Å². The summed E-state index contributed by atoms with van der Waals surface area (Å²) in [6.45, 7) is 9.55. The Kier molecular flexibility index (Phi) is 8.04. The molecule has 10 heteroatoms. The highest BCUT2D eigenvalue weighted by Crippen LogP contribution is 2.41. The predicted molar refractivity (Wildman–Crippen MR) is 124 cm³/mol. The highest BCUT2D eigenvalue weighted by atomic mass is 16.5. The molecule has 1 aromatic carbocycles. The number of morpholine rings is 2. The number of phenols is 1. The number of allylic oxidation sites excluding steroid dienone is 1. The van der Waals surface area contributed by atoms with E-state index in [0.29, 0.717) is 82.8 Å². The van der Waals surface area contributed by atoms with Crippen molar-refractivity contribution in [3.05, 3.63) is 41.1 Å². The Morgan fingerprint density at radius 1 is 1.03 bits per heavy atom. The van der Waals surface area contributed by atoms with Crippen LogP contribution in [-0.4, -0.2) is 109 Å². The molecule has 0 radical (unpaired) electrons. The van der Waals surface area contributed by atoms with Crippen LogP contribution in [0, 0.1) is 0 Å². The number of urea groups is 1. The minimum absolute atomic E-state index is 0.0310. The van der Waals surface area contributed by atoms with E-state index in [-0.39, 0.29) is 18.4 Å². The van der Waals surface area contributed by atoms with Gasteiger partial charge in [-0.15, -0.1) is 0 Å². The van der Waals surface area contributed by atoms with Crippen LogP contribution >= 0.6 is 0 Å². The maximum Gasteiger partial charge on any atom is 0.338 e. The molecule has 0 bridgehead atoms. The van der Waals surface area contributed by atoms with Crippen LogP contribution in [0.15, 0.2) is 35.5 Å². The molecular formula is C24H34N4O6. The van der Waals surface area contributed by atoms with Gasteiger partial charge in [0.2, 0.25) is 0 Å². The molecule has 4 rings (SSSR count). The van der Waals surface area contributed by atoms with Gasteiger partial charge < -0.3 is 19.3 Å². The summed E-state index contributed by atoms with van der Waals surface area (Å²) in [7, 11) is 0. The number of hydrogen-bond acceptors (Lipinski definition) is 8. The first-order valence-corrected chi connectivity index (χ1v) is 11.9. The number of nitrogens with zero attached hydrogens (tertiary/aromatic N) is 4. The van der Waals surface area contributed by atoms with Crippen molar-refractivity contribution >= 4 is 12.0 Å². The first kappa shape index (κ1) is 24.5. The molecule has 1 N–H and O–H groups in total. The molecule has 2 amide bonds. The lowest BCUT2D eigenvalue weighted by Gasteiger charge is -2.46. The molecule has 1 aromatic rings. The molecule has 0 spiro atoms. The van der Waals surface area contributed by atoms with Gasteiger partial charge in [0.15, 0.2) is 0 Å². The molecule has 34 heavy (non-hydrogen) atoms. The Morgan fingerprint density at radius 2 is 1.62 bits per heavy atom. The second kappa shape index (κ2) is 11.2. The van der Waals surface area contributed by atoms with Gasteiger partial charge in [-0.05, 0) is 19.9 Å². The molecule has 0 aliphatic carbocycles. The van der Waals surface area contributed by atoms with Gasteiger partial charge in [-0.2, -0.15) is 0 Å². The average molecular weight is 475 g/mol. The molecular weight excluding hydrogens is 440 g/mol. The van der Waals surface area contributed by atoms with E-state index in [0.717, 1.165) is 0 Å². The van der Waals surface area contributed by atoms with Gasteiger partial charge in [0.1, 0.15) is 5.75 Å². The summed E-state index contributed by atoms with van der Waals surface area (Å²) in [5.41, 5.74) is 1.41. The van der Waals surface area contributed by atoms with Crippen molar-refractivity contribution in [3.8, 4) is 5.75 Å². The third kappa shape index (κ3) is 5.20. The summed E-state index contributed by atoms with van der Waals surface area (Å²) in [6.07, 6.45) is 0. The van der Waals surface area contributed by atoms with Gasteiger partial charge in [-0.1, -0.05) is 18.2 Å². The van der Waals surface area contributed by atoms with Crippen molar-refractivity contribution in [1.29, 1.82) is 0 Å². The number of phenolic OH excluding ortho intramolecular Hbond substituents is 1. The Bertz CT molecular complexity index is 910. The van der Waals surface area contributed by atoms with Crippen LogP contribution in [0.2, 0.25) is 0 Å². The quantitative estimate of drug-likeness (QED) is 0.596. The fourth-order valence-electron chi connectivity index (χ4n) is 4.63. The van der Waals surface area contributed by atoms with E-state index in [1.165, 1.54) is 0 Å². The van der Waals surface area contributed by atoms with Crippen LogP contribution in [0.3, 0.4) is 0 Å². The lowest BCUT2D eigenvalue weighted by molar-refractivity contribution is -0.139. The molecule has 2 fully saturated rings. The number of carbonyl (C=O) groups is 2. The monoisotopic (exact) mass is 474 g/mol. The number of ether oxygens (including phenoxy) is 3. The molecule has 3 aliphatic rings. The molecule has 0 aromatic heterocycles. The van der Waals surface area contributed by atoms with Crippen molar-refractivity contribution in [2.75, 3.05) is 72.6 Å². The molecule has 1 atom stereocenters. The molecule has 3 aliphatic heterocycles. The minimum atomic E-state index is -0.767. The van der Waals surface area contributed by atoms with Crippen LogP contribution in [-0.2, 0) is 19.0 Å². The number of aromatic hydroxyl groups is 1. The summed E-state index contributed by atoms with van der Waals surface area (Å²) < 4.78 is 16.4. The van der Waals surface area contributed by atoms with Gasteiger partial charge >= 0.3 is 12.0 Å². The van der Waals surface area contributed by atoms with E-state index in [4.69, 9.17) is 14.2 Å². The molecule has 0 saturated carbocycles. The van der Waals surface area contributed by atoms with Crippen molar-refractivity contribution < 1.29 is 28.9 Å². The Hall–Kier alpha value is -2.66. The first-order chi connectivity index (χ1) is 16.5. The van der Waals surface area contributed by atoms with Crippen LogP contribution < -0.4 is 0 Å². The molecule has 1 unspecified atom stereocenters. The van der Waals surface area contributed by atoms with E-state index in [2.05, 4.69) is 9.80 Å². The predicted octanol–water partition coefficient (Wildman–Crippen LogP) is 1.59. The largest absolute Gasteiger partial charge is 0.508 e. The molecule has 3 heterocycles. The summed E-state index contributed by atoms with van der Waals surface area (Å²) in [4.78, 5) is 34.8. The third-order valence-electron chi connectivity index (χ3n) is 6.48. The summed E-state index contributed by atoms with van der Waals surface area (Å²) in [5, 5.41) is 10.7. The summed E-state index contributed by atoms with van der Waals surface area (Å²) in [6, 6.07) is 5.87. The maximum absolute atomic E-state index is 14.0. The summed E-state index contributed by atoms with van der Waals surface area (Å²) in [5.74, 6) is -0.455. The molecule has 2 saturated heterocycles. The zero-order valence-electron chi connectivity index (χ0n) is 19.9. The normalized spacial score (nSPS) is 22.9. The number of benzene rings is 1. The Balaban J connectivity index is 1.78. The van der Waals surface area contributed by atoms with Gasteiger partial charge in [0.25, 0.3) is 0 Å². The lowest BCUT2D eigenvalue weighted by Crippen LogP contribution is -2.57. The Morgan fingerprint density at radius 3 is 2.21 bits per heavy atom. The van der Waals surface area contributed by atoms with E-state index < -0.39 is 12.0 Å². The topological polar surface area (TPSA) is 95.0 Å². The number of amides is 2. The van der Waals surface area contributed by atoms with E-state index in [9.17, 15) is 14.7 Å². The smallest absolute Gasteiger partial charge is 0.338 e. The molecule has 186 valence electrons. The average Bonchev–Trinajstić information content (AvgIpc) is 2.85. The van der Waals surface area contributed by atoms with Crippen LogP contribution in [0.5, 0.6) is 5.75 Å². The fourth-order valence-corrected chi connectivity index (χ4v) is 4.63. The van der Waals surface area contributed by atoms with Gasteiger partial charge in [-0.25, -0.2) is 9.59 Å². The second-order valence-corrected chi connectivity index (χ2v) is 8.60. The fraction of sp³-hybridized carbons (Fsp3) is 0.583. The number of hydrogen-bond donors (Lipinski definition) is 1. The van der Waals surface area contributed by atoms with E-state index in [1.54, 1.807) is 47.9 Å². The van der Waals surface area contributed by atoms with Crippen LogP contribution in [0.4, 0.5) is 4.79 Å². The van der Waals surface area contributed by atoms with E-state index >= 15 is 0 Å². The van der Waals surface area contributed by atoms with Crippen molar-refractivity contribution in [2.45, 2.75) is 19.9 Å². The summed E-state index contributed by atoms with van der Waals surface area (Å²) >= 11 is 0. The zero-order valence-corrected chi connectivity index (χ0v) is 19.9. The second-order valence-electron chi connectivity index (χ2n) is 8.60.